The Morgan fingerprint density at radius 3 is 2.50 bits per heavy atom. The van der Waals surface area contributed by atoms with Gasteiger partial charge in [-0.3, -0.25) is 9.69 Å². The summed E-state index contributed by atoms with van der Waals surface area (Å²) in [6, 6.07) is 8.20. The molecule has 1 aromatic carbocycles. The summed E-state index contributed by atoms with van der Waals surface area (Å²) in [6.45, 7) is 8.31. The molecule has 2 rings (SSSR count). The van der Waals surface area contributed by atoms with Crippen LogP contribution in [0.5, 0.6) is 5.75 Å². The number of carbonyl (C=O) groups is 1. The van der Waals surface area contributed by atoms with Gasteiger partial charge in [-0.25, -0.2) is 4.99 Å². The maximum atomic E-state index is 11.9. The molecular weight excluding hydrogens is 382 g/mol. The van der Waals surface area contributed by atoms with Crippen molar-refractivity contribution in [2.75, 3.05) is 73.7 Å². The average molecular weight is 420 g/mol. The standard InChI is InChI=1S/C22H37N5O3/c1-18(19-5-7-20(29-4)8-6-19)9-10-23-22(25-17-21(28)26(2)3)24-11-12-27-13-15-30-16-14-27/h5-8,18H,9-17H2,1-4H3,(H2,23,24,25). The zero-order valence-electron chi connectivity index (χ0n) is 18.8. The molecule has 1 aromatic rings. The number of nitrogens with one attached hydrogen (secondary N) is 2. The van der Waals surface area contributed by atoms with E-state index in [0.29, 0.717) is 11.9 Å². The highest BCUT2D eigenvalue weighted by atomic mass is 16.5. The number of carbonyl (C=O) groups excluding carboxylic acids is 1. The van der Waals surface area contributed by atoms with Crippen molar-refractivity contribution in [3.63, 3.8) is 0 Å². The number of rotatable bonds is 10. The van der Waals surface area contributed by atoms with Gasteiger partial charge in [-0.15, -0.1) is 0 Å². The predicted molar refractivity (Wildman–Crippen MR) is 120 cm³/mol. The Morgan fingerprint density at radius 2 is 1.87 bits per heavy atom. The Labute approximate surface area is 180 Å². The topological polar surface area (TPSA) is 78.4 Å². The fraction of sp³-hybridized carbons (Fsp3) is 0.636. The largest absolute Gasteiger partial charge is 0.497 e. The molecule has 2 N–H and O–H groups in total. The van der Waals surface area contributed by atoms with E-state index in [1.807, 2.05) is 12.1 Å². The number of hydrogen-bond donors (Lipinski definition) is 2. The number of guanidine groups is 1. The smallest absolute Gasteiger partial charge is 0.243 e. The summed E-state index contributed by atoms with van der Waals surface area (Å²) < 4.78 is 10.6. The number of amides is 1. The Bertz CT molecular complexity index is 657. The van der Waals surface area contributed by atoms with Crippen molar-refractivity contribution in [3.05, 3.63) is 29.8 Å². The first-order chi connectivity index (χ1) is 14.5. The molecule has 30 heavy (non-hydrogen) atoms. The lowest BCUT2D eigenvalue weighted by molar-refractivity contribution is -0.127. The van der Waals surface area contributed by atoms with E-state index in [2.05, 4.69) is 39.6 Å². The first-order valence-electron chi connectivity index (χ1n) is 10.7. The SMILES string of the molecule is COc1ccc(C(C)CCNC(=NCC(=O)N(C)C)NCCN2CCOCC2)cc1. The first kappa shape index (κ1) is 24.0. The molecule has 1 heterocycles. The maximum absolute atomic E-state index is 11.9. The van der Waals surface area contributed by atoms with Gasteiger partial charge < -0.3 is 25.0 Å². The van der Waals surface area contributed by atoms with Crippen molar-refractivity contribution in [1.29, 1.82) is 0 Å². The molecular formula is C22H37N5O3. The van der Waals surface area contributed by atoms with E-state index in [0.717, 1.165) is 58.1 Å². The second-order valence-electron chi connectivity index (χ2n) is 7.72. The molecule has 1 amide bonds. The lowest BCUT2D eigenvalue weighted by atomic mass is 9.98. The summed E-state index contributed by atoms with van der Waals surface area (Å²) in [7, 11) is 5.16. The third-order valence-electron chi connectivity index (χ3n) is 5.25. The molecule has 168 valence electrons. The normalized spacial score (nSPS) is 16.1. The Morgan fingerprint density at radius 1 is 1.20 bits per heavy atom. The van der Waals surface area contributed by atoms with Gasteiger partial charge >= 0.3 is 0 Å². The van der Waals surface area contributed by atoms with Crippen LogP contribution < -0.4 is 15.4 Å². The minimum Gasteiger partial charge on any atom is -0.497 e. The highest BCUT2D eigenvalue weighted by Crippen LogP contribution is 2.21. The highest BCUT2D eigenvalue weighted by Gasteiger charge is 2.11. The van der Waals surface area contributed by atoms with Crippen molar-refractivity contribution in [1.82, 2.24) is 20.4 Å². The van der Waals surface area contributed by atoms with Gasteiger partial charge in [-0.05, 0) is 30.0 Å². The summed E-state index contributed by atoms with van der Waals surface area (Å²) >= 11 is 0. The van der Waals surface area contributed by atoms with E-state index in [1.165, 1.54) is 5.56 Å². The third kappa shape index (κ3) is 8.59. The van der Waals surface area contributed by atoms with Crippen molar-refractivity contribution in [2.24, 2.45) is 4.99 Å². The number of benzene rings is 1. The van der Waals surface area contributed by atoms with Gasteiger partial charge in [0.2, 0.25) is 5.91 Å². The predicted octanol–water partition coefficient (Wildman–Crippen LogP) is 1.14. The van der Waals surface area contributed by atoms with Gasteiger partial charge in [0.1, 0.15) is 12.3 Å². The Balaban J connectivity index is 1.82. The van der Waals surface area contributed by atoms with Crippen LogP contribution in [0.4, 0.5) is 0 Å². The van der Waals surface area contributed by atoms with Crippen LogP contribution in [0.1, 0.15) is 24.8 Å². The summed E-state index contributed by atoms with van der Waals surface area (Å²) in [5.74, 6) is 1.94. The maximum Gasteiger partial charge on any atom is 0.243 e. The molecule has 8 nitrogen and oxygen atoms in total. The Kier molecular flexibility index (Phi) is 10.4. The molecule has 0 bridgehead atoms. The van der Waals surface area contributed by atoms with Crippen molar-refractivity contribution in [2.45, 2.75) is 19.3 Å². The van der Waals surface area contributed by atoms with E-state index < -0.39 is 0 Å². The quantitative estimate of drug-likeness (QED) is 0.438. The van der Waals surface area contributed by atoms with Crippen LogP contribution in [0, 0.1) is 0 Å². The van der Waals surface area contributed by atoms with Gasteiger partial charge in [0.15, 0.2) is 5.96 Å². The molecule has 1 aliphatic heterocycles. The average Bonchev–Trinajstić information content (AvgIpc) is 2.77. The molecule has 0 aliphatic carbocycles. The van der Waals surface area contributed by atoms with E-state index in [1.54, 1.807) is 26.1 Å². The number of hydrogen-bond acceptors (Lipinski definition) is 5. The monoisotopic (exact) mass is 419 g/mol. The number of likely N-dealkylation sites (N-methyl/N-ethyl adjacent to an activating group) is 1. The second-order valence-corrected chi connectivity index (χ2v) is 7.72. The molecule has 0 aromatic heterocycles. The van der Waals surface area contributed by atoms with E-state index in [-0.39, 0.29) is 12.5 Å². The number of ether oxygens (including phenoxy) is 2. The van der Waals surface area contributed by atoms with Crippen LogP contribution in [0.25, 0.3) is 0 Å². The fourth-order valence-electron chi connectivity index (χ4n) is 3.13. The van der Waals surface area contributed by atoms with Crippen LogP contribution in [0.15, 0.2) is 29.3 Å². The molecule has 0 saturated carbocycles. The molecule has 8 heteroatoms. The fourth-order valence-corrected chi connectivity index (χ4v) is 3.13. The molecule has 0 spiro atoms. The lowest BCUT2D eigenvalue weighted by Gasteiger charge is -2.26. The second kappa shape index (κ2) is 13.1. The van der Waals surface area contributed by atoms with Crippen LogP contribution in [-0.2, 0) is 9.53 Å². The van der Waals surface area contributed by atoms with Crippen LogP contribution in [0.3, 0.4) is 0 Å². The first-order valence-corrected chi connectivity index (χ1v) is 10.7. The van der Waals surface area contributed by atoms with E-state index in [4.69, 9.17) is 9.47 Å². The van der Waals surface area contributed by atoms with Gasteiger partial charge in [0, 0.05) is 46.8 Å². The summed E-state index contributed by atoms with van der Waals surface area (Å²) in [4.78, 5) is 20.3. The minimum absolute atomic E-state index is 0.0177. The van der Waals surface area contributed by atoms with Crippen molar-refractivity contribution >= 4 is 11.9 Å². The van der Waals surface area contributed by atoms with E-state index in [9.17, 15) is 4.79 Å². The Hall–Kier alpha value is -2.32. The zero-order chi connectivity index (χ0) is 21.8. The van der Waals surface area contributed by atoms with Gasteiger partial charge in [0.25, 0.3) is 0 Å². The van der Waals surface area contributed by atoms with Gasteiger partial charge in [-0.1, -0.05) is 19.1 Å². The molecule has 0 radical (unpaired) electrons. The van der Waals surface area contributed by atoms with Gasteiger partial charge in [-0.2, -0.15) is 0 Å². The lowest BCUT2D eigenvalue weighted by Crippen LogP contribution is -2.45. The number of nitrogens with zero attached hydrogens (tertiary/aromatic N) is 3. The molecule has 1 unspecified atom stereocenters. The number of aliphatic imine (C=N–C) groups is 1. The number of methoxy groups -OCH3 is 1. The van der Waals surface area contributed by atoms with Gasteiger partial charge in [0.05, 0.1) is 20.3 Å². The van der Waals surface area contributed by atoms with Crippen LogP contribution in [-0.4, -0.2) is 95.4 Å². The minimum atomic E-state index is -0.0177. The van der Waals surface area contributed by atoms with Crippen molar-refractivity contribution in [3.8, 4) is 5.75 Å². The summed E-state index contributed by atoms with van der Waals surface area (Å²) in [5.41, 5.74) is 1.28. The third-order valence-corrected chi connectivity index (χ3v) is 5.25. The zero-order valence-corrected chi connectivity index (χ0v) is 18.8. The van der Waals surface area contributed by atoms with Crippen LogP contribution >= 0.6 is 0 Å². The molecule has 1 saturated heterocycles. The molecule has 1 fully saturated rings. The molecule has 1 aliphatic rings. The highest BCUT2D eigenvalue weighted by molar-refractivity contribution is 5.84. The van der Waals surface area contributed by atoms with Crippen molar-refractivity contribution < 1.29 is 14.3 Å². The molecule has 1 atom stereocenters. The van der Waals surface area contributed by atoms with E-state index >= 15 is 0 Å². The summed E-state index contributed by atoms with van der Waals surface area (Å²) in [6.07, 6.45) is 0.956. The van der Waals surface area contributed by atoms with Crippen LogP contribution in [0.2, 0.25) is 0 Å². The number of morpholine rings is 1. The summed E-state index contributed by atoms with van der Waals surface area (Å²) in [5, 5.41) is 6.73.